The van der Waals surface area contributed by atoms with Gasteiger partial charge in [-0.2, -0.15) is 13.2 Å². The summed E-state index contributed by atoms with van der Waals surface area (Å²) in [5, 5.41) is 12.6. The third-order valence-corrected chi connectivity index (χ3v) is 3.99. The molecular formula is C15H20F3N3O2. The lowest BCUT2D eigenvalue weighted by Gasteiger charge is -2.38. The quantitative estimate of drug-likeness (QED) is 0.884. The van der Waals surface area contributed by atoms with Crippen molar-refractivity contribution in [3.63, 3.8) is 0 Å². The van der Waals surface area contributed by atoms with Gasteiger partial charge in [-0.05, 0) is 32.4 Å². The lowest BCUT2D eigenvalue weighted by atomic mass is 10.00. The summed E-state index contributed by atoms with van der Waals surface area (Å²) in [4.78, 5) is 17.7. The van der Waals surface area contributed by atoms with Gasteiger partial charge >= 0.3 is 6.18 Å². The van der Waals surface area contributed by atoms with Gasteiger partial charge in [0.15, 0.2) is 0 Å². The summed E-state index contributed by atoms with van der Waals surface area (Å²) in [6, 6.07) is 1.63. The number of alkyl halides is 3. The van der Waals surface area contributed by atoms with Crippen LogP contribution in [0.15, 0.2) is 18.3 Å². The van der Waals surface area contributed by atoms with Crippen molar-refractivity contribution in [1.82, 2.24) is 15.2 Å². The first-order valence-electron chi connectivity index (χ1n) is 7.45. The van der Waals surface area contributed by atoms with Crippen LogP contribution in [0.1, 0.15) is 36.3 Å². The molecule has 23 heavy (non-hydrogen) atoms. The number of piperidine rings is 1. The standard InChI is InChI=1S/C15H20F3N3O2/c1-9(2)21-7-5-11(12(22)8-21)20-14(23)13-10(15(16,17)18)4-3-6-19-13/h3-4,6,9,11-12,22H,5,7-8H2,1-2H3,(H,20,23). The van der Waals surface area contributed by atoms with Crippen molar-refractivity contribution in [3.8, 4) is 0 Å². The highest BCUT2D eigenvalue weighted by Crippen LogP contribution is 2.31. The maximum Gasteiger partial charge on any atom is 0.418 e. The Hall–Kier alpha value is -1.67. The van der Waals surface area contributed by atoms with Gasteiger partial charge in [0.05, 0.1) is 17.7 Å². The third kappa shape index (κ3) is 4.20. The molecule has 1 amide bonds. The average molecular weight is 331 g/mol. The fraction of sp³-hybridized carbons (Fsp3) is 0.600. The highest BCUT2D eigenvalue weighted by atomic mass is 19.4. The number of aliphatic hydroxyl groups excluding tert-OH is 1. The lowest BCUT2D eigenvalue weighted by molar-refractivity contribution is -0.138. The number of carbonyl (C=O) groups is 1. The van der Waals surface area contributed by atoms with Gasteiger partial charge in [0.25, 0.3) is 5.91 Å². The highest BCUT2D eigenvalue weighted by molar-refractivity contribution is 5.94. The highest BCUT2D eigenvalue weighted by Gasteiger charge is 2.37. The van der Waals surface area contributed by atoms with E-state index in [0.717, 1.165) is 18.3 Å². The number of aliphatic hydroxyl groups is 1. The molecule has 1 aliphatic heterocycles. The summed E-state index contributed by atoms with van der Waals surface area (Å²) in [6.45, 7) is 5.02. The fourth-order valence-electron chi connectivity index (χ4n) is 2.65. The van der Waals surface area contributed by atoms with Crippen LogP contribution in [0.5, 0.6) is 0 Å². The van der Waals surface area contributed by atoms with Crippen LogP contribution in [-0.2, 0) is 6.18 Å². The van der Waals surface area contributed by atoms with E-state index in [1.165, 1.54) is 0 Å². The summed E-state index contributed by atoms with van der Waals surface area (Å²) in [6.07, 6.45) is -3.87. The lowest BCUT2D eigenvalue weighted by Crippen LogP contribution is -2.55. The SMILES string of the molecule is CC(C)N1CCC(NC(=O)c2ncccc2C(F)(F)F)C(O)C1. The molecule has 2 rings (SSSR count). The number of nitrogens with zero attached hydrogens (tertiary/aromatic N) is 2. The summed E-state index contributed by atoms with van der Waals surface area (Å²) in [7, 11) is 0. The molecule has 0 radical (unpaired) electrons. The minimum absolute atomic E-state index is 0.258. The topological polar surface area (TPSA) is 65.5 Å². The van der Waals surface area contributed by atoms with Crippen LogP contribution in [-0.4, -0.2) is 52.2 Å². The van der Waals surface area contributed by atoms with Crippen LogP contribution in [0.2, 0.25) is 0 Å². The number of halogens is 3. The van der Waals surface area contributed by atoms with E-state index in [1.807, 2.05) is 13.8 Å². The zero-order chi connectivity index (χ0) is 17.2. The van der Waals surface area contributed by atoms with Gasteiger partial charge < -0.3 is 10.4 Å². The van der Waals surface area contributed by atoms with E-state index in [0.29, 0.717) is 19.5 Å². The van der Waals surface area contributed by atoms with Crippen molar-refractivity contribution in [3.05, 3.63) is 29.6 Å². The van der Waals surface area contributed by atoms with Crippen LogP contribution in [0, 0.1) is 0 Å². The molecule has 2 atom stereocenters. The Bertz CT molecular complexity index is 563. The minimum atomic E-state index is -4.65. The van der Waals surface area contributed by atoms with Gasteiger partial charge in [0.1, 0.15) is 5.69 Å². The molecule has 2 unspecified atom stereocenters. The van der Waals surface area contributed by atoms with Crippen molar-refractivity contribution in [2.45, 2.75) is 44.6 Å². The van der Waals surface area contributed by atoms with Gasteiger partial charge in [0, 0.05) is 25.3 Å². The monoisotopic (exact) mass is 331 g/mol. The van der Waals surface area contributed by atoms with Crippen molar-refractivity contribution in [1.29, 1.82) is 0 Å². The first kappa shape index (κ1) is 17.7. The van der Waals surface area contributed by atoms with E-state index in [2.05, 4.69) is 15.2 Å². The van der Waals surface area contributed by atoms with Crippen LogP contribution >= 0.6 is 0 Å². The Kier molecular flexibility index (Phi) is 5.26. The maximum absolute atomic E-state index is 12.9. The van der Waals surface area contributed by atoms with E-state index in [-0.39, 0.29) is 6.04 Å². The molecule has 1 aromatic rings. The number of rotatable bonds is 3. The van der Waals surface area contributed by atoms with E-state index in [4.69, 9.17) is 0 Å². The Morgan fingerprint density at radius 3 is 2.74 bits per heavy atom. The van der Waals surface area contributed by atoms with Gasteiger partial charge in [0.2, 0.25) is 0 Å². The smallest absolute Gasteiger partial charge is 0.390 e. The molecule has 1 aromatic heterocycles. The number of aromatic nitrogens is 1. The molecular weight excluding hydrogens is 311 g/mol. The molecule has 128 valence electrons. The number of amides is 1. The number of hydrogen-bond donors (Lipinski definition) is 2. The number of β-amino-alcohol motifs (C(OH)–C–C–N with tert-alkyl or cyclic N) is 1. The Labute approximate surface area is 132 Å². The van der Waals surface area contributed by atoms with Crippen molar-refractivity contribution in [2.75, 3.05) is 13.1 Å². The van der Waals surface area contributed by atoms with E-state index in [9.17, 15) is 23.1 Å². The predicted octanol–water partition coefficient (Wildman–Crippen LogP) is 1.67. The van der Waals surface area contributed by atoms with Gasteiger partial charge in [-0.25, -0.2) is 0 Å². The largest absolute Gasteiger partial charge is 0.418 e. The number of pyridine rings is 1. The van der Waals surface area contributed by atoms with E-state index >= 15 is 0 Å². The Morgan fingerprint density at radius 2 is 2.17 bits per heavy atom. The first-order chi connectivity index (χ1) is 10.7. The molecule has 0 bridgehead atoms. The Balaban J connectivity index is 2.09. The normalized spacial score (nSPS) is 23.1. The van der Waals surface area contributed by atoms with Crippen LogP contribution < -0.4 is 5.32 Å². The third-order valence-electron chi connectivity index (χ3n) is 3.99. The van der Waals surface area contributed by atoms with Gasteiger partial charge in [-0.3, -0.25) is 14.7 Å². The molecule has 8 heteroatoms. The maximum atomic E-state index is 12.9. The van der Waals surface area contributed by atoms with Crippen molar-refractivity contribution in [2.24, 2.45) is 0 Å². The van der Waals surface area contributed by atoms with Gasteiger partial charge in [-0.1, -0.05) is 0 Å². The zero-order valence-corrected chi connectivity index (χ0v) is 13.0. The molecule has 1 fully saturated rings. The molecule has 0 spiro atoms. The number of carbonyl (C=O) groups excluding carboxylic acids is 1. The van der Waals surface area contributed by atoms with Crippen molar-refractivity contribution < 1.29 is 23.1 Å². The van der Waals surface area contributed by atoms with Crippen LogP contribution in [0.25, 0.3) is 0 Å². The molecule has 5 nitrogen and oxygen atoms in total. The zero-order valence-electron chi connectivity index (χ0n) is 13.0. The number of nitrogens with one attached hydrogen (secondary N) is 1. The Morgan fingerprint density at radius 1 is 1.48 bits per heavy atom. The molecule has 2 N–H and O–H groups in total. The fourth-order valence-corrected chi connectivity index (χ4v) is 2.65. The van der Waals surface area contributed by atoms with Crippen LogP contribution in [0.4, 0.5) is 13.2 Å². The molecule has 0 aliphatic carbocycles. The second kappa shape index (κ2) is 6.84. The number of likely N-dealkylation sites (tertiary alicyclic amines) is 1. The minimum Gasteiger partial charge on any atom is -0.390 e. The molecule has 0 saturated carbocycles. The second-order valence-electron chi connectivity index (χ2n) is 5.92. The molecule has 0 aromatic carbocycles. The summed E-state index contributed by atoms with van der Waals surface area (Å²) in [5.74, 6) is -0.917. The van der Waals surface area contributed by atoms with Gasteiger partial charge in [-0.15, -0.1) is 0 Å². The second-order valence-corrected chi connectivity index (χ2v) is 5.92. The molecule has 1 saturated heterocycles. The first-order valence-corrected chi connectivity index (χ1v) is 7.45. The van der Waals surface area contributed by atoms with E-state index in [1.54, 1.807) is 0 Å². The van der Waals surface area contributed by atoms with Crippen molar-refractivity contribution >= 4 is 5.91 Å². The molecule has 2 heterocycles. The van der Waals surface area contributed by atoms with E-state index < -0.39 is 35.5 Å². The predicted molar refractivity (Wildman–Crippen MR) is 77.8 cm³/mol. The summed E-state index contributed by atoms with van der Waals surface area (Å²) >= 11 is 0. The molecule has 1 aliphatic rings. The summed E-state index contributed by atoms with van der Waals surface area (Å²) < 4.78 is 38.8. The van der Waals surface area contributed by atoms with Crippen LogP contribution in [0.3, 0.4) is 0 Å². The average Bonchev–Trinajstić information content (AvgIpc) is 2.48. The number of hydrogen-bond acceptors (Lipinski definition) is 4. The summed E-state index contributed by atoms with van der Waals surface area (Å²) in [5.41, 5.74) is -1.75.